The van der Waals surface area contributed by atoms with Crippen LogP contribution in [0.3, 0.4) is 0 Å². The zero-order valence-electron chi connectivity index (χ0n) is 27.1. The lowest BCUT2D eigenvalue weighted by Crippen LogP contribution is -2.01. The van der Waals surface area contributed by atoms with Gasteiger partial charge >= 0.3 is 0 Å². The molecule has 0 amide bonds. The zero-order chi connectivity index (χ0) is 33.5. The third-order valence-electron chi connectivity index (χ3n) is 9.83. The number of fused-ring (bicyclic) bond motifs is 9. The van der Waals surface area contributed by atoms with Crippen molar-refractivity contribution in [1.29, 1.82) is 0 Å². The summed E-state index contributed by atoms with van der Waals surface area (Å²) in [4.78, 5) is 15.1. The van der Waals surface area contributed by atoms with Gasteiger partial charge in [-0.15, -0.1) is 0 Å². The second-order valence-electron chi connectivity index (χ2n) is 12.8. The SMILES string of the molecule is c1ccc(-c2nc(-c3ccccc3)nc(-c3cc(-n4c5ccccc5c5cc6c(cc54)oc4ccccc46)c4c(c3)oc3ccccc34)n2)cc1. The van der Waals surface area contributed by atoms with Crippen molar-refractivity contribution < 1.29 is 8.83 Å². The Hall–Kier alpha value is -7.05. The monoisotopic (exact) mass is 654 g/mol. The van der Waals surface area contributed by atoms with E-state index in [9.17, 15) is 0 Å². The van der Waals surface area contributed by atoms with E-state index in [1.165, 1.54) is 0 Å². The van der Waals surface area contributed by atoms with Crippen LogP contribution in [0.4, 0.5) is 0 Å². The van der Waals surface area contributed by atoms with Crippen molar-refractivity contribution in [1.82, 2.24) is 19.5 Å². The van der Waals surface area contributed by atoms with Crippen LogP contribution in [0.5, 0.6) is 0 Å². The maximum Gasteiger partial charge on any atom is 0.164 e. The van der Waals surface area contributed by atoms with Gasteiger partial charge in [-0.1, -0.05) is 115 Å². The molecular weight excluding hydrogens is 629 g/mol. The van der Waals surface area contributed by atoms with Crippen LogP contribution < -0.4 is 0 Å². The molecule has 0 saturated carbocycles. The fraction of sp³-hybridized carbons (Fsp3) is 0. The van der Waals surface area contributed by atoms with Gasteiger partial charge in [0.2, 0.25) is 0 Å². The summed E-state index contributed by atoms with van der Waals surface area (Å²) in [7, 11) is 0. The van der Waals surface area contributed by atoms with Gasteiger partial charge < -0.3 is 13.4 Å². The normalized spacial score (nSPS) is 11.9. The molecule has 0 spiro atoms. The Kier molecular flexibility index (Phi) is 5.86. The van der Waals surface area contributed by atoms with Gasteiger partial charge in [0.15, 0.2) is 17.5 Å². The van der Waals surface area contributed by atoms with Crippen molar-refractivity contribution in [2.45, 2.75) is 0 Å². The molecule has 6 heteroatoms. The second-order valence-corrected chi connectivity index (χ2v) is 12.8. The Morgan fingerprint density at radius 2 is 0.902 bits per heavy atom. The van der Waals surface area contributed by atoms with E-state index in [1.54, 1.807) is 0 Å². The molecule has 4 heterocycles. The van der Waals surface area contributed by atoms with E-state index >= 15 is 0 Å². The van der Waals surface area contributed by atoms with Crippen molar-refractivity contribution in [3.8, 4) is 39.9 Å². The Bertz CT molecular complexity index is 3080. The van der Waals surface area contributed by atoms with Gasteiger partial charge in [0.1, 0.15) is 22.3 Å². The molecule has 0 aliphatic carbocycles. The first-order valence-corrected chi connectivity index (χ1v) is 16.9. The van der Waals surface area contributed by atoms with Crippen LogP contribution in [0.1, 0.15) is 0 Å². The maximum atomic E-state index is 6.61. The van der Waals surface area contributed by atoms with Crippen LogP contribution in [-0.4, -0.2) is 19.5 Å². The maximum absolute atomic E-state index is 6.61. The fourth-order valence-corrected chi connectivity index (χ4v) is 7.52. The molecule has 0 aliphatic rings. The molecule has 0 saturated heterocycles. The lowest BCUT2D eigenvalue weighted by atomic mass is 10.1. The molecule has 0 radical (unpaired) electrons. The van der Waals surface area contributed by atoms with Crippen molar-refractivity contribution in [3.63, 3.8) is 0 Å². The van der Waals surface area contributed by atoms with Crippen LogP contribution >= 0.6 is 0 Å². The number of hydrogen-bond donors (Lipinski definition) is 0. The van der Waals surface area contributed by atoms with E-state index in [0.29, 0.717) is 17.5 Å². The third-order valence-corrected chi connectivity index (χ3v) is 9.83. The van der Waals surface area contributed by atoms with E-state index in [1.807, 2.05) is 84.9 Å². The predicted molar refractivity (Wildman–Crippen MR) is 205 cm³/mol. The Labute approximate surface area is 290 Å². The highest BCUT2D eigenvalue weighted by molar-refractivity contribution is 6.19. The first kappa shape index (κ1) is 27.9. The molecule has 11 aromatic rings. The van der Waals surface area contributed by atoms with Crippen LogP contribution in [0, 0.1) is 0 Å². The van der Waals surface area contributed by atoms with Gasteiger partial charge in [0.25, 0.3) is 0 Å². The Morgan fingerprint density at radius 1 is 0.353 bits per heavy atom. The quantitative estimate of drug-likeness (QED) is 0.189. The number of rotatable bonds is 4. The first-order chi connectivity index (χ1) is 25.3. The molecule has 11 rings (SSSR count). The molecule has 238 valence electrons. The minimum absolute atomic E-state index is 0.562. The number of nitrogens with zero attached hydrogens (tertiary/aromatic N) is 4. The summed E-state index contributed by atoms with van der Waals surface area (Å²) in [5, 5.41) is 6.56. The van der Waals surface area contributed by atoms with E-state index in [-0.39, 0.29) is 0 Å². The second kappa shape index (κ2) is 10.7. The molecular formula is C45H26N4O2. The highest BCUT2D eigenvalue weighted by atomic mass is 16.3. The Balaban J connectivity index is 1.25. The molecule has 0 fully saturated rings. The van der Waals surface area contributed by atoms with Gasteiger partial charge in [0.05, 0.1) is 22.1 Å². The van der Waals surface area contributed by atoms with Gasteiger partial charge in [-0.3, -0.25) is 0 Å². The summed E-state index contributed by atoms with van der Waals surface area (Å²) in [6.45, 7) is 0. The molecule has 0 unspecified atom stereocenters. The summed E-state index contributed by atoms with van der Waals surface area (Å²) in [5.41, 5.74) is 9.03. The number of para-hydroxylation sites is 3. The summed E-state index contributed by atoms with van der Waals surface area (Å²) >= 11 is 0. The smallest absolute Gasteiger partial charge is 0.164 e. The lowest BCUT2D eigenvalue weighted by molar-refractivity contribution is 0.669. The van der Waals surface area contributed by atoms with Crippen molar-refractivity contribution >= 4 is 65.7 Å². The van der Waals surface area contributed by atoms with E-state index in [2.05, 4.69) is 77.4 Å². The standard InChI is InChI=1S/C45H26N4O2/c1-3-13-27(14-4-1)43-46-44(28-15-5-2-6-16-28)48-45(47-43)29-23-37(42-32-19-9-12-22-39(32)51-41(42)24-29)49-35-20-10-7-17-30(35)33-25-34-31-18-8-11-21-38(31)50-40(34)26-36(33)49/h1-26H. The molecule has 0 bridgehead atoms. The Morgan fingerprint density at radius 3 is 1.61 bits per heavy atom. The molecule has 0 N–H and O–H groups in total. The number of hydrogen-bond acceptors (Lipinski definition) is 5. The van der Waals surface area contributed by atoms with Gasteiger partial charge in [-0.25, -0.2) is 15.0 Å². The lowest BCUT2D eigenvalue weighted by Gasteiger charge is -2.13. The number of furan rings is 2. The summed E-state index contributed by atoms with van der Waals surface area (Å²) in [6.07, 6.45) is 0. The number of benzene rings is 7. The minimum Gasteiger partial charge on any atom is -0.456 e. The van der Waals surface area contributed by atoms with E-state index in [0.717, 1.165) is 88.1 Å². The average molecular weight is 655 g/mol. The molecule has 0 aliphatic heterocycles. The van der Waals surface area contributed by atoms with Crippen LogP contribution in [-0.2, 0) is 0 Å². The largest absolute Gasteiger partial charge is 0.456 e. The predicted octanol–water partition coefficient (Wildman–Crippen LogP) is 11.8. The minimum atomic E-state index is 0.562. The topological polar surface area (TPSA) is 69.9 Å². The summed E-state index contributed by atoms with van der Waals surface area (Å²) < 4.78 is 15.4. The van der Waals surface area contributed by atoms with Crippen molar-refractivity contribution in [3.05, 3.63) is 158 Å². The van der Waals surface area contributed by atoms with Gasteiger partial charge in [0, 0.05) is 49.7 Å². The van der Waals surface area contributed by atoms with Crippen molar-refractivity contribution in [2.24, 2.45) is 0 Å². The summed E-state index contributed by atoms with van der Waals surface area (Å²) in [6, 6.07) is 53.8. The van der Waals surface area contributed by atoms with E-state index in [4.69, 9.17) is 23.8 Å². The van der Waals surface area contributed by atoms with Gasteiger partial charge in [-0.2, -0.15) is 0 Å². The molecule has 51 heavy (non-hydrogen) atoms. The highest BCUT2D eigenvalue weighted by Gasteiger charge is 2.22. The average Bonchev–Trinajstić information content (AvgIpc) is 3.86. The molecule has 6 nitrogen and oxygen atoms in total. The summed E-state index contributed by atoms with van der Waals surface area (Å²) in [5.74, 6) is 1.77. The van der Waals surface area contributed by atoms with Crippen LogP contribution in [0.2, 0.25) is 0 Å². The van der Waals surface area contributed by atoms with Crippen LogP contribution in [0.15, 0.2) is 167 Å². The van der Waals surface area contributed by atoms with Crippen LogP contribution in [0.25, 0.3) is 106 Å². The fourth-order valence-electron chi connectivity index (χ4n) is 7.52. The van der Waals surface area contributed by atoms with Gasteiger partial charge in [-0.05, 0) is 36.4 Å². The van der Waals surface area contributed by atoms with Crippen molar-refractivity contribution in [2.75, 3.05) is 0 Å². The number of aromatic nitrogens is 4. The molecule has 4 aromatic heterocycles. The highest BCUT2D eigenvalue weighted by Crippen LogP contribution is 2.43. The van der Waals surface area contributed by atoms with E-state index < -0.39 is 0 Å². The third kappa shape index (κ3) is 4.26. The molecule has 0 atom stereocenters. The first-order valence-electron chi connectivity index (χ1n) is 16.9. The molecule has 7 aromatic carbocycles. The zero-order valence-corrected chi connectivity index (χ0v) is 27.1.